The lowest BCUT2D eigenvalue weighted by Crippen LogP contribution is -2.58. The number of ether oxygens (including phenoxy) is 2. The average molecular weight is 473 g/mol. The maximum atomic E-state index is 13.2. The molecule has 170 valence electrons. The highest BCUT2D eigenvalue weighted by atomic mass is 35.5. The van der Waals surface area contributed by atoms with Gasteiger partial charge in [0, 0.05) is 0 Å². The van der Waals surface area contributed by atoms with Gasteiger partial charge in [-0.25, -0.2) is 5.43 Å². The highest BCUT2D eigenvalue weighted by Gasteiger charge is 2.73. The van der Waals surface area contributed by atoms with E-state index in [1.165, 1.54) is 19.2 Å². The quantitative estimate of drug-likeness (QED) is 0.223. The van der Waals surface area contributed by atoms with Gasteiger partial charge in [0.05, 0.1) is 18.3 Å². The summed E-state index contributed by atoms with van der Waals surface area (Å²) in [6.45, 7) is 2.05. The lowest BCUT2D eigenvalue weighted by molar-refractivity contribution is -0.361. The van der Waals surface area contributed by atoms with Gasteiger partial charge in [-0.2, -0.15) is 35.8 Å². The Labute approximate surface area is 177 Å². The molecule has 0 aliphatic carbocycles. The van der Waals surface area contributed by atoms with Gasteiger partial charge in [-0.3, -0.25) is 0 Å². The lowest BCUT2D eigenvalue weighted by atomic mass is 10.1. The van der Waals surface area contributed by atoms with Gasteiger partial charge in [0.15, 0.2) is 11.5 Å². The number of nitrogens with zero attached hydrogens (tertiary/aromatic N) is 1. The Balaban J connectivity index is 2.16. The van der Waals surface area contributed by atoms with Gasteiger partial charge in [0.2, 0.25) is 0 Å². The summed E-state index contributed by atoms with van der Waals surface area (Å²) >= 11 is 6.10. The van der Waals surface area contributed by atoms with Crippen LogP contribution in [0.4, 0.5) is 30.7 Å². The van der Waals surface area contributed by atoms with Crippen LogP contribution in [-0.4, -0.2) is 31.5 Å². The van der Waals surface area contributed by atoms with Gasteiger partial charge in [-0.15, -0.1) is 0 Å². The molecule has 0 heterocycles. The zero-order valence-corrected chi connectivity index (χ0v) is 16.8. The highest BCUT2D eigenvalue weighted by molar-refractivity contribution is 6.32. The predicted molar refractivity (Wildman–Crippen MR) is 100 cm³/mol. The fourth-order valence-electron chi connectivity index (χ4n) is 2.23. The van der Waals surface area contributed by atoms with Crippen LogP contribution in [0.3, 0.4) is 0 Å². The summed E-state index contributed by atoms with van der Waals surface area (Å²) in [6.07, 6.45) is -5.89. The fraction of sp³-hybridized carbons (Fsp3) is 0.316. The average Bonchev–Trinajstić information content (AvgIpc) is 2.67. The second-order valence-corrected chi connectivity index (χ2v) is 6.73. The first-order valence-electron chi connectivity index (χ1n) is 8.47. The molecular formula is C19H16ClF7N2O2. The van der Waals surface area contributed by atoms with Crippen LogP contribution in [0.2, 0.25) is 5.02 Å². The number of hydrogen-bond acceptors (Lipinski definition) is 4. The SMILES string of the molecule is COc1cc(/C=N/NC(F)(F)C(F)(F)C(F)(F)F)cc(Cl)c1OCc1ccc(C)cc1. The summed E-state index contributed by atoms with van der Waals surface area (Å²) in [5.41, 5.74) is 2.38. The van der Waals surface area contributed by atoms with Crippen LogP contribution < -0.4 is 14.9 Å². The van der Waals surface area contributed by atoms with Crippen LogP contribution in [0.1, 0.15) is 16.7 Å². The summed E-state index contributed by atoms with van der Waals surface area (Å²) in [7, 11) is 1.27. The minimum atomic E-state index is -6.47. The van der Waals surface area contributed by atoms with Crippen molar-refractivity contribution in [3.8, 4) is 11.5 Å². The Morgan fingerprint density at radius 1 is 1.03 bits per heavy atom. The molecule has 1 N–H and O–H groups in total. The van der Waals surface area contributed by atoms with Gasteiger partial charge in [-0.05, 0) is 30.2 Å². The molecule has 2 rings (SSSR count). The van der Waals surface area contributed by atoms with Gasteiger partial charge in [0.1, 0.15) is 6.61 Å². The maximum Gasteiger partial charge on any atom is 0.462 e. The van der Waals surface area contributed by atoms with Crippen molar-refractivity contribution in [3.63, 3.8) is 0 Å². The molecule has 0 saturated carbocycles. The van der Waals surface area contributed by atoms with Crippen LogP contribution >= 0.6 is 11.6 Å². The van der Waals surface area contributed by atoms with Crippen LogP contribution in [0.15, 0.2) is 41.5 Å². The summed E-state index contributed by atoms with van der Waals surface area (Å²) in [6, 6.07) is 4.15. The van der Waals surface area contributed by atoms with E-state index in [9.17, 15) is 30.7 Å². The van der Waals surface area contributed by atoms with Crippen LogP contribution in [0.5, 0.6) is 11.5 Å². The number of aryl methyl sites for hydroxylation is 1. The van der Waals surface area contributed by atoms with Crippen molar-refractivity contribution in [1.82, 2.24) is 5.43 Å². The zero-order valence-electron chi connectivity index (χ0n) is 16.0. The molecule has 0 spiro atoms. The molecule has 0 bridgehead atoms. The van der Waals surface area contributed by atoms with Crippen molar-refractivity contribution in [2.45, 2.75) is 31.7 Å². The summed E-state index contributed by atoms with van der Waals surface area (Å²) in [5.74, 6) is -6.15. The van der Waals surface area contributed by atoms with Crippen molar-refractivity contribution in [3.05, 3.63) is 58.1 Å². The molecule has 0 radical (unpaired) electrons. The van der Waals surface area contributed by atoms with E-state index in [0.717, 1.165) is 11.1 Å². The number of rotatable bonds is 8. The number of benzene rings is 2. The number of hydrogen-bond donors (Lipinski definition) is 1. The second-order valence-electron chi connectivity index (χ2n) is 6.32. The largest absolute Gasteiger partial charge is 0.493 e. The third-order valence-electron chi connectivity index (χ3n) is 3.92. The van der Waals surface area contributed by atoms with Crippen LogP contribution in [0.25, 0.3) is 0 Å². The number of nitrogens with one attached hydrogen (secondary N) is 1. The molecule has 2 aromatic carbocycles. The van der Waals surface area contributed by atoms with E-state index in [0.29, 0.717) is 11.6 Å². The number of alkyl halides is 7. The van der Waals surface area contributed by atoms with Crippen molar-refractivity contribution in [1.29, 1.82) is 0 Å². The normalized spacial score (nSPS) is 12.8. The van der Waals surface area contributed by atoms with Crippen molar-refractivity contribution in [2.24, 2.45) is 5.10 Å². The minimum absolute atomic E-state index is 0.0249. The van der Waals surface area contributed by atoms with E-state index in [-0.39, 0.29) is 28.7 Å². The van der Waals surface area contributed by atoms with Gasteiger partial charge in [0.25, 0.3) is 0 Å². The maximum absolute atomic E-state index is 13.2. The first kappa shape index (κ1) is 24.6. The van der Waals surface area contributed by atoms with E-state index >= 15 is 0 Å². The first-order chi connectivity index (χ1) is 14.3. The Hall–Kier alpha value is -2.69. The number of methoxy groups -OCH3 is 1. The fourth-order valence-corrected chi connectivity index (χ4v) is 2.50. The topological polar surface area (TPSA) is 42.8 Å². The molecule has 0 fully saturated rings. The first-order valence-corrected chi connectivity index (χ1v) is 8.85. The van der Waals surface area contributed by atoms with Gasteiger partial charge in [-0.1, -0.05) is 41.4 Å². The van der Waals surface area contributed by atoms with E-state index < -0.39 is 18.1 Å². The van der Waals surface area contributed by atoms with Crippen LogP contribution in [-0.2, 0) is 6.61 Å². The second kappa shape index (κ2) is 9.21. The molecule has 0 saturated heterocycles. The Morgan fingerprint density at radius 3 is 2.19 bits per heavy atom. The molecule has 2 aromatic rings. The molecule has 0 aliphatic rings. The molecule has 4 nitrogen and oxygen atoms in total. The number of halogens is 8. The monoisotopic (exact) mass is 472 g/mol. The van der Waals surface area contributed by atoms with Crippen molar-refractivity contribution >= 4 is 17.8 Å². The minimum Gasteiger partial charge on any atom is -0.493 e. The molecule has 0 aromatic heterocycles. The van der Waals surface area contributed by atoms with E-state index in [2.05, 4.69) is 5.10 Å². The third kappa shape index (κ3) is 5.72. The van der Waals surface area contributed by atoms with E-state index in [1.54, 1.807) is 0 Å². The summed E-state index contributed by atoms with van der Waals surface area (Å²) in [4.78, 5) is 0. The molecule has 0 atom stereocenters. The molecule has 0 amide bonds. The molecule has 31 heavy (non-hydrogen) atoms. The predicted octanol–water partition coefficient (Wildman–Crippen LogP) is 5.95. The lowest BCUT2D eigenvalue weighted by Gasteiger charge is -2.27. The van der Waals surface area contributed by atoms with Gasteiger partial charge < -0.3 is 9.47 Å². The Kier molecular flexibility index (Phi) is 7.30. The smallest absolute Gasteiger partial charge is 0.462 e. The van der Waals surface area contributed by atoms with Crippen molar-refractivity contribution < 1.29 is 40.2 Å². The molecular weight excluding hydrogens is 457 g/mol. The standard InChI is InChI=1S/C19H16ClF7N2O2/c1-11-3-5-12(6-4-11)10-31-16-14(20)7-13(8-15(16)30-2)9-28-29-19(26,27)17(21,22)18(23,24)25/h3-9,29H,10H2,1-2H3/b28-9+. The molecule has 0 unspecified atom stereocenters. The van der Waals surface area contributed by atoms with E-state index in [4.69, 9.17) is 21.1 Å². The van der Waals surface area contributed by atoms with E-state index in [1.807, 2.05) is 31.2 Å². The molecule has 12 heteroatoms. The summed E-state index contributed by atoms with van der Waals surface area (Å²) in [5, 5.41) is 2.75. The summed E-state index contributed by atoms with van der Waals surface area (Å²) < 4.78 is 99.2. The number of hydrazone groups is 1. The van der Waals surface area contributed by atoms with Crippen molar-refractivity contribution in [2.75, 3.05) is 7.11 Å². The highest BCUT2D eigenvalue weighted by Crippen LogP contribution is 2.45. The van der Waals surface area contributed by atoms with Gasteiger partial charge >= 0.3 is 18.1 Å². The zero-order chi connectivity index (χ0) is 23.4. The Bertz CT molecular complexity index is 932. The molecule has 0 aliphatic heterocycles. The Morgan fingerprint density at radius 2 is 1.65 bits per heavy atom. The van der Waals surface area contributed by atoms with Crippen LogP contribution in [0, 0.1) is 6.92 Å². The third-order valence-corrected chi connectivity index (χ3v) is 4.21.